The third-order valence-electron chi connectivity index (χ3n) is 5.18. The number of rotatable bonds is 7. The molecule has 2 N–H and O–H groups in total. The van der Waals surface area contributed by atoms with Crippen LogP contribution in [0.25, 0.3) is 0 Å². The molecule has 0 unspecified atom stereocenters. The van der Waals surface area contributed by atoms with Gasteiger partial charge in [-0.2, -0.15) is 0 Å². The molecule has 1 aliphatic carbocycles. The summed E-state index contributed by atoms with van der Waals surface area (Å²) in [5.74, 6) is -0.157. The van der Waals surface area contributed by atoms with Gasteiger partial charge in [-0.1, -0.05) is 43.5 Å². The van der Waals surface area contributed by atoms with Crippen molar-refractivity contribution in [1.29, 1.82) is 0 Å². The standard InChI is InChI=1S/C23H29N3O2/c1-2-26(21-14-7-4-8-15-21)23(28)18-10-9-13-20(16-18)25-22(27)17-24-19-11-5-3-6-12-19/h4,7-10,13-16,19,24H,2-3,5-6,11-12,17H2,1H3,(H,25,27). The molecule has 1 saturated carbocycles. The highest BCUT2D eigenvalue weighted by Gasteiger charge is 2.17. The third kappa shape index (κ3) is 5.42. The van der Waals surface area contributed by atoms with Gasteiger partial charge in [-0.3, -0.25) is 9.59 Å². The molecule has 1 fully saturated rings. The van der Waals surface area contributed by atoms with E-state index in [0.29, 0.717) is 30.4 Å². The largest absolute Gasteiger partial charge is 0.325 e. The Labute approximate surface area is 167 Å². The predicted octanol–water partition coefficient (Wildman–Crippen LogP) is 4.21. The van der Waals surface area contributed by atoms with E-state index in [4.69, 9.17) is 0 Å². The van der Waals surface area contributed by atoms with Crippen molar-refractivity contribution in [2.75, 3.05) is 23.3 Å². The van der Waals surface area contributed by atoms with Crippen LogP contribution in [0, 0.1) is 0 Å². The minimum Gasteiger partial charge on any atom is -0.325 e. The number of carbonyl (C=O) groups is 2. The van der Waals surface area contributed by atoms with Crippen molar-refractivity contribution in [1.82, 2.24) is 5.32 Å². The maximum Gasteiger partial charge on any atom is 0.258 e. The summed E-state index contributed by atoms with van der Waals surface area (Å²) in [6, 6.07) is 17.2. The van der Waals surface area contributed by atoms with E-state index in [0.717, 1.165) is 18.5 Å². The van der Waals surface area contributed by atoms with E-state index in [9.17, 15) is 9.59 Å². The fraction of sp³-hybridized carbons (Fsp3) is 0.391. The van der Waals surface area contributed by atoms with Crippen LogP contribution in [0.2, 0.25) is 0 Å². The minimum atomic E-state index is -0.0786. The van der Waals surface area contributed by atoms with E-state index in [1.54, 1.807) is 23.1 Å². The second kappa shape index (κ2) is 10.0. The summed E-state index contributed by atoms with van der Waals surface area (Å²) in [6.45, 7) is 2.83. The maximum atomic E-state index is 12.9. The average Bonchev–Trinajstić information content (AvgIpc) is 2.74. The summed E-state index contributed by atoms with van der Waals surface area (Å²) < 4.78 is 0. The van der Waals surface area contributed by atoms with Crippen molar-refractivity contribution < 1.29 is 9.59 Å². The highest BCUT2D eigenvalue weighted by molar-refractivity contribution is 6.07. The van der Waals surface area contributed by atoms with Crippen molar-refractivity contribution in [2.45, 2.75) is 45.1 Å². The maximum absolute atomic E-state index is 12.9. The van der Waals surface area contributed by atoms with E-state index < -0.39 is 0 Å². The quantitative estimate of drug-likeness (QED) is 0.757. The van der Waals surface area contributed by atoms with E-state index in [2.05, 4.69) is 10.6 Å². The van der Waals surface area contributed by atoms with Gasteiger partial charge in [-0.25, -0.2) is 0 Å². The van der Waals surface area contributed by atoms with Gasteiger partial charge in [0.1, 0.15) is 0 Å². The fourth-order valence-electron chi connectivity index (χ4n) is 3.69. The molecule has 28 heavy (non-hydrogen) atoms. The molecule has 0 saturated heterocycles. The normalized spacial score (nSPS) is 14.5. The lowest BCUT2D eigenvalue weighted by molar-refractivity contribution is -0.115. The molecule has 0 spiro atoms. The number of carbonyl (C=O) groups excluding carboxylic acids is 2. The van der Waals surface area contributed by atoms with Crippen molar-refractivity contribution in [3.8, 4) is 0 Å². The monoisotopic (exact) mass is 379 g/mol. The number of amides is 2. The molecule has 0 aromatic heterocycles. The lowest BCUT2D eigenvalue weighted by Crippen LogP contribution is -2.37. The summed E-state index contributed by atoms with van der Waals surface area (Å²) in [4.78, 5) is 27.0. The highest BCUT2D eigenvalue weighted by atomic mass is 16.2. The van der Waals surface area contributed by atoms with Crippen LogP contribution < -0.4 is 15.5 Å². The zero-order valence-corrected chi connectivity index (χ0v) is 16.5. The lowest BCUT2D eigenvalue weighted by Gasteiger charge is -2.22. The Kier molecular flexibility index (Phi) is 7.20. The van der Waals surface area contributed by atoms with Crippen LogP contribution in [-0.4, -0.2) is 30.9 Å². The van der Waals surface area contributed by atoms with Crippen LogP contribution in [0.4, 0.5) is 11.4 Å². The van der Waals surface area contributed by atoms with E-state index >= 15 is 0 Å². The molecule has 0 radical (unpaired) electrons. The zero-order valence-electron chi connectivity index (χ0n) is 16.5. The summed E-state index contributed by atoms with van der Waals surface area (Å²) in [7, 11) is 0. The first-order valence-electron chi connectivity index (χ1n) is 10.2. The number of hydrogen-bond donors (Lipinski definition) is 2. The molecule has 5 nitrogen and oxygen atoms in total. The van der Waals surface area contributed by atoms with E-state index in [1.807, 2.05) is 43.3 Å². The molecule has 2 amide bonds. The molecule has 0 bridgehead atoms. The topological polar surface area (TPSA) is 61.4 Å². The number of hydrogen-bond acceptors (Lipinski definition) is 3. The summed E-state index contributed by atoms with van der Waals surface area (Å²) >= 11 is 0. The Bertz CT molecular complexity index is 785. The first kappa shape index (κ1) is 20.1. The van der Waals surface area contributed by atoms with Gasteiger partial charge in [0.15, 0.2) is 0 Å². The summed E-state index contributed by atoms with van der Waals surface area (Å²) in [5, 5.41) is 6.24. The van der Waals surface area contributed by atoms with Crippen LogP contribution in [0.1, 0.15) is 49.4 Å². The molecular weight excluding hydrogens is 350 g/mol. The Morgan fingerprint density at radius 2 is 1.75 bits per heavy atom. The van der Waals surface area contributed by atoms with Crippen LogP contribution in [-0.2, 0) is 4.79 Å². The van der Waals surface area contributed by atoms with Crippen LogP contribution >= 0.6 is 0 Å². The number of para-hydroxylation sites is 1. The second-order valence-corrected chi connectivity index (χ2v) is 7.23. The number of anilines is 2. The van der Waals surface area contributed by atoms with Crippen molar-refractivity contribution >= 4 is 23.2 Å². The summed E-state index contributed by atoms with van der Waals surface area (Å²) in [5.41, 5.74) is 2.07. The Balaban J connectivity index is 1.61. The Hall–Kier alpha value is -2.66. The van der Waals surface area contributed by atoms with Crippen LogP contribution in [0.15, 0.2) is 54.6 Å². The van der Waals surface area contributed by atoms with Gasteiger partial charge < -0.3 is 15.5 Å². The van der Waals surface area contributed by atoms with Gasteiger partial charge in [0, 0.05) is 29.5 Å². The SMILES string of the molecule is CCN(C(=O)c1cccc(NC(=O)CNC2CCCCC2)c1)c1ccccc1. The van der Waals surface area contributed by atoms with Gasteiger partial charge in [0.05, 0.1) is 6.54 Å². The highest BCUT2D eigenvalue weighted by Crippen LogP contribution is 2.19. The van der Waals surface area contributed by atoms with Crippen molar-refractivity contribution in [2.24, 2.45) is 0 Å². The number of nitrogens with one attached hydrogen (secondary N) is 2. The molecule has 2 aromatic carbocycles. The first-order chi connectivity index (χ1) is 13.7. The molecule has 5 heteroatoms. The molecule has 0 heterocycles. The first-order valence-corrected chi connectivity index (χ1v) is 10.2. The average molecular weight is 380 g/mol. The fourth-order valence-corrected chi connectivity index (χ4v) is 3.69. The van der Waals surface area contributed by atoms with E-state index in [-0.39, 0.29) is 11.8 Å². The molecule has 1 aliphatic rings. The molecular formula is C23H29N3O2. The predicted molar refractivity (Wildman–Crippen MR) is 114 cm³/mol. The lowest BCUT2D eigenvalue weighted by atomic mass is 9.95. The van der Waals surface area contributed by atoms with Gasteiger partial charge in [0.2, 0.25) is 5.91 Å². The molecule has 2 aromatic rings. The van der Waals surface area contributed by atoms with Crippen molar-refractivity contribution in [3.05, 3.63) is 60.2 Å². The smallest absolute Gasteiger partial charge is 0.258 e. The van der Waals surface area contributed by atoms with Gasteiger partial charge in [0.25, 0.3) is 5.91 Å². The molecule has 0 aliphatic heterocycles. The Morgan fingerprint density at radius 1 is 1.00 bits per heavy atom. The second-order valence-electron chi connectivity index (χ2n) is 7.23. The van der Waals surface area contributed by atoms with Gasteiger partial charge in [-0.15, -0.1) is 0 Å². The summed E-state index contributed by atoms with van der Waals surface area (Å²) in [6.07, 6.45) is 6.05. The molecule has 148 valence electrons. The molecule has 3 rings (SSSR count). The zero-order chi connectivity index (χ0) is 19.8. The van der Waals surface area contributed by atoms with Crippen molar-refractivity contribution in [3.63, 3.8) is 0 Å². The number of benzene rings is 2. The van der Waals surface area contributed by atoms with Crippen LogP contribution in [0.3, 0.4) is 0 Å². The number of nitrogens with zero attached hydrogens (tertiary/aromatic N) is 1. The van der Waals surface area contributed by atoms with Gasteiger partial charge >= 0.3 is 0 Å². The van der Waals surface area contributed by atoms with E-state index in [1.165, 1.54) is 19.3 Å². The van der Waals surface area contributed by atoms with Crippen LogP contribution in [0.5, 0.6) is 0 Å². The minimum absolute atomic E-state index is 0.0782. The third-order valence-corrected chi connectivity index (χ3v) is 5.18. The Morgan fingerprint density at radius 3 is 2.46 bits per heavy atom. The van der Waals surface area contributed by atoms with Gasteiger partial charge in [-0.05, 0) is 50.1 Å². The molecule has 0 atom stereocenters.